The lowest BCUT2D eigenvalue weighted by molar-refractivity contribution is -0.111. The highest BCUT2D eigenvalue weighted by Gasteiger charge is 2.28. The maximum absolute atomic E-state index is 12.9. The zero-order chi connectivity index (χ0) is 22.9. The number of fused-ring (bicyclic) bond motifs is 2. The monoisotopic (exact) mass is 493 g/mol. The quantitative estimate of drug-likeness (QED) is 0.302. The number of carbonyl (C=O) groups excluding carboxylic acids is 1. The first-order chi connectivity index (χ1) is 16.0. The van der Waals surface area contributed by atoms with Crippen molar-refractivity contribution in [3.05, 3.63) is 75.6 Å². The lowest BCUT2D eigenvalue weighted by Gasteiger charge is -2.30. The number of halogens is 1. The van der Waals surface area contributed by atoms with Gasteiger partial charge in [0, 0.05) is 40.7 Å². The third-order valence-electron chi connectivity index (χ3n) is 5.88. The molecule has 2 aromatic carbocycles. The summed E-state index contributed by atoms with van der Waals surface area (Å²) in [5.41, 5.74) is 4.21. The van der Waals surface area contributed by atoms with E-state index < -0.39 is 0 Å². The summed E-state index contributed by atoms with van der Waals surface area (Å²) in [6, 6.07) is 16.2. The van der Waals surface area contributed by atoms with Crippen LogP contribution in [0, 0.1) is 0 Å². The predicted molar refractivity (Wildman–Crippen MR) is 141 cm³/mol. The number of carbonyl (C=O) groups is 1. The van der Waals surface area contributed by atoms with Crippen LogP contribution in [0.5, 0.6) is 0 Å². The Labute approximate surface area is 206 Å². The summed E-state index contributed by atoms with van der Waals surface area (Å²) in [6.45, 7) is 6.38. The number of thiazole rings is 1. The van der Waals surface area contributed by atoms with Gasteiger partial charge in [-0.3, -0.25) is 9.69 Å². The van der Waals surface area contributed by atoms with E-state index in [9.17, 15) is 4.79 Å². The van der Waals surface area contributed by atoms with E-state index in [1.807, 2.05) is 42.5 Å². The van der Waals surface area contributed by atoms with Crippen LogP contribution in [0.25, 0.3) is 26.9 Å². The molecule has 7 heteroatoms. The average Bonchev–Trinajstić information content (AvgIpc) is 3.38. The van der Waals surface area contributed by atoms with E-state index in [0.29, 0.717) is 11.1 Å². The first-order valence-electron chi connectivity index (χ1n) is 11.0. The highest BCUT2D eigenvalue weighted by atomic mass is 35.5. The molecule has 0 spiro atoms. The Bertz CT molecular complexity index is 1320. The number of anilines is 1. The van der Waals surface area contributed by atoms with Gasteiger partial charge < -0.3 is 5.32 Å². The molecular weight excluding hydrogens is 470 g/mol. The molecule has 0 saturated carbocycles. The molecule has 3 heterocycles. The number of nitrogens with zero attached hydrogens (tertiary/aromatic N) is 2. The van der Waals surface area contributed by atoms with Crippen LogP contribution in [0.1, 0.15) is 29.9 Å². The Morgan fingerprint density at radius 1 is 1.15 bits per heavy atom. The van der Waals surface area contributed by atoms with Crippen molar-refractivity contribution in [1.29, 1.82) is 0 Å². The van der Waals surface area contributed by atoms with Crippen molar-refractivity contribution in [3.63, 3.8) is 0 Å². The van der Waals surface area contributed by atoms with Crippen molar-refractivity contribution in [1.82, 2.24) is 9.88 Å². The van der Waals surface area contributed by atoms with Crippen LogP contribution in [-0.4, -0.2) is 28.4 Å². The van der Waals surface area contributed by atoms with Crippen molar-refractivity contribution in [3.8, 4) is 10.6 Å². The van der Waals surface area contributed by atoms with Gasteiger partial charge in [-0.05, 0) is 55.7 Å². The first kappa shape index (κ1) is 22.3. The minimum Gasteiger partial charge on any atom is -0.313 e. The Morgan fingerprint density at radius 3 is 2.73 bits per heavy atom. The van der Waals surface area contributed by atoms with E-state index in [1.165, 1.54) is 10.4 Å². The van der Waals surface area contributed by atoms with Gasteiger partial charge in [-0.1, -0.05) is 41.9 Å². The fourth-order valence-corrected chi connectivity index (χ4v) is 6.67. The Morgan fingerprint density at radius 2 is 1.94 bits per heavy atom. The number of hydrogen-bond donors (Lipinski definition) is 1. The summed E-state index contributed by atoms with van der Waals surface area (Å²) >= 11 is 9.58. The molecule has 0 atom stereocenters. The van der Waals surface area contributed by atoms with Crippen molar-refractivity contribution < 1.29 is 4.79 Å². The number of nitrogens with one attached hydrogen (secondary N) is 1. The number of amides is 1. The Balaban J connectivity index is 1.51. The summed E-state index contributed by atoms with van der Waals surface area (Å²) in [4.78, 5) is 21.6. The van der Waals surface area contributed by atoms with Crippen LogP contribution in [-0.2, 0) is 17.8 Å². The molecule has 1 aliphatic heterocycles. The topological polar surface area (TPSA) is 45.2 Å². The Kier molecular flexibility index (Phi) is 6.34. The van der Waals surface area contributed by atoms with Crippen LogP contribution in [0.15, 0.2) is 54.6 Å². The smallest absolute Gasteiger partial charge is 0.249 e. The van der Waals surface area contributed by atoms with E-state index in [0.717, 1.165) is 50.9 Å². The average molecular weight is 494 g/mol. The van der Waals surface area contributed by atoms with Gasteiger partial charge in [0.15, 0.2) is 0 Å². The predicted octanol–water partition coefficient (Wildman–Crippen LogP) is 7.10. The number of para-hydroxylation sites is 1. The first-order valence-corrected chi connectivity index (χ1v) is 13.0. The molecule has 0 fully saturated rings. The molecule has 1 aliphatic rings. The molecule has 5 rings (SSSR count). The summed E-state index contributed by atoms with van der Waals surface area (Å²) in [7, 11) is 0. The fourth-order valence-electron chi connectivity index (χ4n) is 4.09. The van der Waals surface area contributed by atoms with Crippen LogP contribution < -0.4 is 5.32 Å². The van der Waals surface area contributed by atoms with Gasteiger partial charge >= 0.3 is 0 Å². The third kappa shape index (κ3) is 4.62. The molecule has 1 amide bonds. The van der Waals surface area contributed by atoms with Gasteiger partial charge in [-0.25, -0.2) is 4.98 Å². The largest absolute Gasteiger partial charge is 0.313 e. The second-order valence-corrected chi connectivity index (χ2v) is 10.9. The number of thiophene rings is 1. The van der Waals surface area contributed by atoms with E-state index >= 15 is 0 Å². The van der Waals surface area contributed by atoms with Crippen LogP contribution >= 0.6 is 34.3 Å². The van der Waals surface area contributed by atoms with Gasteiger partial charge in [0.1, 0.15) is 10.0 Å². The maximum Gasteiger partial charge on any atom is 0.249 e. The van der Waals surface area contributed by atoms with Gasteiger partial charge in [-0.2, -0.15) is 0 Å². The van der Waals surface area contributed by atoms with Crippen LogP contribution in [0.3, 0.4) is 0 Å². The van der Waals surface area contributed by atoms with Gasteiger partial charge in [0.05, 0.1) is 10.2 Å². The summed E-state index contributed by atoms with van der Waals surface area (Å²) in [6.07, 6.45) is 4.26. The highest BCUT2D eigenvalue weighted by molar-refractivity contribution is 7.23. The minimum absolute atomic E-state index is 0.170. The molecule has 4 aromatic rings. The second kappa shape index (κ2) is 9.39. The summed E-state index contributed by atoms with van der Waals surface area (Å²) in [5, 5.41) is 5.61. The van der Waals surface area contributed by atoms with Gasteiger partial charge in [-0.15, -0.1) is 22.7 Å². The van der Waals surface area contributed by atoms with Crippen molar-refractivity contribution in [2.45, 2.75) is 32.9 Å². The summed E-state index contributed by atoms with van der Waals surface area (Å²) < 4.78 is 1.16. The lowest BCUT2D eigenvalue weighted by atomic mass is 10.0. The molecule has 0 radical (unpaired) electrons. The highest BCUT2D eigenvalue weighted by Crippen LogP contribution is 2.45. The van der Waals surface area contributed by atoms with Crippen LogP contribution in [0.4, 0.5) is 5.00 Å². The zero-order valence-electron chi connectivity index (χ0n) is 18.5. The fraction of sp³-hybridized carbons (Fsp3) is 0.231. The van der Waals surface area contributed by atoms with Crippen molar-refractivity contribution >= 4 is 61.5 Å². The number of aromatic nitrogens is 1. The number of benzene rings is 2. The van der Waals surface area contributed by atoms with Crippen molar-refractivity contribution in [2.75, 3.05) is 11.9 Å². The van der Waals surface area contributed by atoms with Crippen LogP contribution in [0.2, 0.25) is 5.02 Å². The maximum atomic E-state index is 12.9. The molecule has 0 bridgehead atoms. The van der Waals surface area contributed by atoms with E-state index in [4.69, 9.17) is 16.6 Å². The SMILES string of the molecule is CC(C)N1CCc2c(sc(NC(=O)C=Cc3ccccc3Cl)c2-c2nc3ccccc3s2)C1. The molecular formula is C26H24ClN3OS2. The van der Waals surface area contributed by atoms with Gasteiger partial charge in [0.25, 0.3) is 0 Å². The standard InChI is InChI=1S/C26H24ClN3OS2/c1-16(2)30-14-13-18-22(15-30)33-26(24(18)25-28-20-9-5-6-10-21(20)32-25)29-23(31)12-11-17-7-3-4-8-19(17)27/h3-12,16H,13-15H2,1-2H3,(H,29,31). The van der Waals surface area contributed by atoms with E-state index in [-0.39, 0.29) is 5.91 Å². The molecule has 0 saturated heterocycles. The molecule has 168 valence electrons. The number of hydrogen-bond acceptors (Lipinski definition) is 5. The molecule has 1 N–H and O–H groups in total. The number of rotatable bonds is 5. The van der Waals surface area contributed by atoms with Gasteiger partial charge in [0.2, 0.25) is 5.91 Å². The normalized spacial score (nSPS) is 14.3. The molecule has 0 aliphatic carbocycles. The zero-order valence-corrected chi connectivity index (χ0v) is 20.9. The molecule has 4 nitrogen and oxygen atoms in total. The van der Waals surface area contributed by atoms with E-state index in [2.05, 4.69) is 30.1 Å². The Hall–Kier alpha value is -2.51. The third-order valence-corrected chi connectivity index (χ3v) is 8.41. The minimum atomic E-state index is -0.170. The van der Waals surface area contributed by atoms with Crippen molar-refractivity contribution in [2.24, 2.45) is 0 Å². The lowest BCUT2D eigenvalue weighted by Crippen LogP contribution is -2.35. The molecule has 0 unspecified atom stereocenters. The molecule has 33 heavy (non-hydrogen) atoms. The molecule has 2 aromatic heterocycles. The van der Waals surface area contributed by atoms with E-state index in [1.54, 1.807) is 34.8 Å². The summed E-state index contributed by atoms with van der Waals surface area (Å²) in [5.74, 6) is -0.170. The second-order valence-electron chi connectivity index (χ2n) is 8.35.